The fourth-order valence-corrected chi connectivity index (χ4v) is 2.20. The molecule has 0 spiro atoms. The van der Waals surface area contributed by atoms with Gasteiger partial charge in [-0.3, -0.25) is 0 Å². The van der Waals surface area contributed by atoms with E-state index in [1.165, 1.54) is 0 Å². The van der Waals surface area contributed by atoms with Crippen LogP contribution in [0.5, 0.6) is 0 Å². The van der Waals surface area contributed by atoms with E-state index >= 15 is 0 Å². The van der Waals surface area contributed by atoms with Crippen LogP contribution in [0.2, 0.25) is 0 Å². The maximum absolute atomic E-state index is 14.0. The first-order valence-electron chi connectivity index (χ1n) is 5.43. The molecule has 1 N–H and O–H groups in total. The Kier molecular flexibility index (Phi) is 2.34. The van der Waals surface area contributed by atoms with Gasteiger partial charge in [-0.25, -0.2) is 9.37 Å². The van der Waals surface area contributed by atoms with E-state index in [4.69, 9.17) is 0 Å². The summed E-state index contributed by atoms with van der Waals surface area (Å²) >= 11 is 0. The van der Waals surface area contributed by atoms with E-state index in [2.05, 4.69) is 10.3 Å². The lowest BCUT2D eigenvalue weighted by atomic mass is 10.2. The van der Waals surface area contributed by atoms with E-state index in [1.807, 2.05) is 0 Å². The number of rotatable bonds is 0. The van der Waals surface area contributed by atoms with Crippen molar-refractivity contribution in [3.63, 3.8) is 0 Å². The molecular formula is C11H9F4N3. The molecule has 1 aliphatic heterocycles. The molecule has 7 heteroatoms. The van der Waals surface area contributed by atoms with Crippen LogP contribution in [0.15, 0.2) is 12.3 Å². The predicted molar refractivity (Wildman–Crippen MR) is 56.4 cm³/mol. The van der Waals surface area contributed by atoms with Crippen molar-refractivity contribution in [2.45, 2.75) is 19.3 Å². The molecule has 0 amide bonds. The number of aromatic nitrogens is 2. The summed E-state index contributed by atoms with van der Waals surface area (Å²) in [5.41, 5.74) is -0.287. The Morgan fingerprint density at radius 1 is 1.33 bits per heavy atom. The summed E-state index contributed by atoms with van der Waals surface area (Å²) in [6.45, 7) is 1.47. The molecule has 0 unspecified atom stereocenters. The van der Waals surface area contributed by atoms with E-state index in [-0.39, 0.29) is 11.0 Å². The van der Waals surface area contributed by atoms with Crippen molar-refractivity contribution in [1.82, 2.24) is 14.9 Å². The fourth-order valence-electron chi connectivity index (χ4n) is 2.20. The number of nitrogens with one attached hydrogen (secondary N) is 1. The summed E-state index contributed by atoms with van der Waals surface area (Å²) in [5, 5.41) is 2.91. The summed E-state index contributed by atoms with van der Waals surface area (Å²) in [5.74, 6) is -0.615. The average molecular weight is 259 g/mol. The first-order valence-corrected chi connectivity index (χ1v) is 5.43. The van der Waals surface area contributed by atoms with E-state index in [0.29, 0.717) is 25.3 Å². The first-order chi connectivity index (χ1) is 8.48. The molecule has 96 valence electrons. The molecule has 0 bridgehead atoms. The second kappa shape index (κ2) is 3.68. The Morgan fingerprint density at radius 3 is 2.83 bits per heavy atom. The molecule has 0 aromatic carbocycles. The lowest BCUT2D eigenvalue weighted by Gasteiger charge is -2.16. The second-order valence-corrected chi connectivity index (χ2v) is 4.18. The van der Waals surface area contributed by atoms with E-state index < -0.39 is 17.6 Å². The van der Waals surface area contributed by atoms with Crippen molar-refractivity contribution < 1.29 is 17.6 Å². The molecule has 0 atom stereocenters. The fraction of sp³-hybridized carbons (Fsp3) is 0.364. The van der Waals surface area contributed by atoms with Gasteiger partial charge in [0.25, 0.3) is 0 Å². The van der Waals surface area contributed by atoms with Crippen molar-refractivity contribution in [2.24, 2.45) is 0 Å². The minimum Gasteiger partial charge on any atom is -0.324 e. The van der Waals surface area contributed by atoms with Crippen LogP contribution in [0.1, 0.15) is 11.3 Å². The highest BCUT2D eigenvalue weighted by Crippen LogP contribution is 2.33. The first kappa shape index (κ1) is 11.5. The summed E-state index contributed by atoms with van der Waals surface area (Å²) in [7, 11) is 0. The van der Waals surface area contributed by atoms with Crippen LogP contribution >= 0.6 is 0 Å². The number of hydrogen-bond acceptors (Lipinski definition) is 2. The molecule has 0 saturated carbocycles. The van der Waals surface area contributed by atoms with Gasteiger partial charge in [0.05, 0.1) is 16.6 Å². The molecular weight excluding hydrogens is 250 g/mol. The van der Waals surface area contributed by atoms with Gasteiger partial charge in [0.15, 0.2) is 5.82 Å². The molecule has 3 rings (SSSR count). The van der Waals surface area contributed by atoms with Gasteiger partial charge in [-0.05, 0) is 6.07 Å². The van der Waals surface area contributed by atoms with Crippen LogP contribution in [0.4, 0.5) is 17.6 Å². The van der Waals surface area contributed by atoms with Crippen LogP contribution < -0.4 is 5.32 Å². The van der Waals surface area contributed by atoms with Crippen LogP contribution in [0.25, 0.3) is 11.0 Å². The lowest BCUT2D eigenvalue weighted by molar-refractivity contribution is -0.137. The second-order valence-electron chi connectivity index (χ2n) is 4.18. The van der Waals surface area contributed by atoms with Gasteiger partial charge in [0, 0.05) is 25.8 Å². The zero-order valence-corrected chi connectivity index (χ0v) is 9.18. The van der Waals surface area contributed by atoms with Crippen LogP contribution in [0, 0.1) is 5.82 Å². The number of alkyl halides is 3. The quantitative estimate of drug-likeness (QED) is 0.736. The molecule has 3 heterocycles. The Hall–Kier alpha value is -1.63. The van der Waals surface area contributed by atoms with Crippen molar-refractivity contribution in [1.29, 1.82) is 0 Å². The monoisotopic (exact) mass is 259 g/mol. The molecule has 0 radical (unpaired) electrons. The van der Waals surface area contributed by atoms with Gasteiger partial charge in [-0.2, -0.15) is 13.2 Å². The SMILES string of the molecule is Fc1c2n(c3ncc(C(F)(F)F)cc13)CCNC2. The number of halogens is 4. The molecule has 3 nitrogen and oxygen atoms in total. The minimum atomic E-state index is -4.51. The average Bonchev–Trinajstić information content (AvgIpc) is 2.63. The zero-order chi connectivity index (χ0) is 12.9. The molecule has 18 heavy (non-hydrogen) atoms. The topological polar surface area (TPSA) is 29.9 Å². The molecule has 0 saturated heterocycles. The van der Waals surface area contributed by atoms with E-state index in [0.717, 1.165) is 12.3 Å². The number of pyridine rings is 1. The van der Waals surface area contributed by atoms with E-state index in [9.17, 15) is 17.6 Å². The Morgan fingerprint density at radius 2 is 2.11 bits per heavy atom. The maximum atomic E-state index is 14.0. The third kappa shape index (κ3) is 1.58. The maximum Gasteiger partial charge on any atom is 0.417 e. The number of fused-ring (bicyclic) bond motifs is 3. The molecule has 2 aromatic rings. The normalized spacial score (nSPS) is 16.0. The predicted octanol–water partition coefficient (Wildman–Crippen LogP) is 2.30. The molecule has 2 aromatic heterocycles. The van der Waals surface area contributed by atoms with Gasteiger partial charge < -0.3 is 9.88 Å². The highest BCUT2D eigenvalue weighted by atomic mass is 19.4. The van der Waals surface area contributed by atoms with Gasteiger partial charge >= 0.3 is 6.18 Å². The summed E-state index contributed by atoms with van der Waals surface area (Å²) < 4.78 is 53.3. The summed E-state index contributed by atoms with van der Waals surface area (Å²) in [6, 6.07) is 0.822. The van der Waals surface area contributed by atoms with Crippen molar-refractivity contribution in [3.8, 4) is 0 Å². The van der Waals surface area contributed by atoms with Gasteiger partial charge in [0.2, 0.25) is 0 Å². The largest absolute Gasteiger partial charge is 0.417 e. The smallest absolute Gasteiger partial charge is 0.324 e. The van der Waals surface area contributed by atoms with Crippen LogP contribution in [0.3, 0.4) is 0 Å². The van der Waals surface area contributed by atoms with Crippen molar-refractivity contribution in [3.05, 3.63) is 29.3 Å². The van der Waals surface area contributed by atoms with Crippen molar-refractivity contribution >= 4 is 11.0 Å². The third-order valence-electron chi connectivity index (χ3n) is 3.07. The molecule has 0 fully saturated rings. The minimum absolute atomic E-state index is 0.0662. The highest BCUT2D eigenvalue weighted by Gasteiger charge is 2.32. The molecule has 1 aliphatic rings. The Bertz CT molecular complexity index is 615. The Balaban J connectivity index is 2.26. The van der Waals surface area contributed by atoms with Gasteiger partial charge in [-0.15, -0.1) is 0 Å². The van der Waals surface area contributed by atoms with Gasteiger partial charge in [0.1, 0.15) is 5.65 Å². The standard InChI is InChI=1S/C11H9F4N3/c12-9-7-3-6(11(13,14)15)4-17-10(7)18-2-1-16-5-8(9)18/h3-4,16H,1-2,5H2. The van der Waals surface area contributed by atoms with Crippen LogP contribution in [-0.4, -0.2) is 16.1 Å². The summed E-state index contributed by atoms with van der Waals surface area (Å²) in [6.07, 6.45) is -3.76. The number of nitrogens with zero attached hydrogens (tertiary/aromatic N) is 2. The van der Waals surface area contributed by atoms with Crippen molar-refractivity contribution in [2.75, 3.05) is 6.54 Å². The van der Waals surface area contributed by atoms with Gasteiger partial charge in [-0.1, -0.05) is 0 Å². The summed E-state index contributed by atoms with van der Waals surface area (Å²) in [4.78, 5) is 3.76. The molecule has 0 aliphatic carbocycles. The highest BCUT2D eigenvalue weighted by molar-refractivity contribution is 5.79. The number of hydrogen-bond donors (Lipinski definition) is 1. The lowest BCUT2D eigenvalue weighted by Crippen LogP contribution is -2.28. The van der Waals surface area contributed by atoms with E-state index in [1.54, 1.807) is 4.57 Å². The zero-order valence-electron chi connectivity index (χ0n) is 9.18. The van der Waals surface area contributed by atoms with Crippen LogP contribution in [-0.2, 0) is 19.3 Å². The third-order valence-corrected chi connectivity index (χ3v) is 3.07. The Labute approximate surface area is 99.4 Å².